The lowest BCUT2D eigenvalue weighted by molar-refractivity contribution is -0.117. The van der Waals surface area contributed by atoms with Crippen LogP contribution in [0.4, 0.5) is 5.69 Å². The molecule has 0 heterocycles. The number of hydrogen-bond acceptors (Lipinski definition) is 5. The van der Waals surface area contributed by atoms with Crippen molar-refractivity contribution in [1.82, 2.24) is 4.72 Å². The van der Waals surface area contributed by atoms with Crippen LogP contribution >= 0.6 is 11.6 Å². The number of ether oxygens (including phenoxy) is 2. The van der Waals surface area contributed by atoms with Gasteiger partial charge >= 0.3 is 0 Å². The number of hydrogen-bond donors (Lipinski definition) is 2. The minimum atomic E-state index is -4.14. The van der Waals surface area contributed by atoms with Crippen LogP contribution < -0.4 is 19.5 Å². The summed E-state index contributed by atoms with van der Waals surface area (Å²) in [6, 6.07) is 26.7. The molecule has 0 bridgehead atoms. The Morgan fingerprint density at radius 3 is 2.24 bits per heavy atom. The molecule has 9 heteroatoms. The molecule has 0 spiro atoms. The van der Waals surface area contributed by atoms with Gasteiger partial charge in [-0.2, -0.15) is 4.72 Å². The second-order valence-corrected chi connectivity index (χ2v) is 10.7. The van der Waals surface area contributed by atoms with E-state index in [1.165, 1.54) is 13.2 Å². The van der Waals surface area contributed by atoms with E-state index in [1.54, 1.807) is 49.4 Å². The highest BCUT2D eigenvalue weighted by Crippen LogP contribution is 2.32. The lowest BCUT2D eigenvalue weighted by Crippen LogP contribution is -2.45. The van der Waals surface area contributed by atoms with E-state index in [0.29, 0.717) is 22.2 Å². The van der Waals surface area contributed by atoms with Crippen molar-refractivity contribution >= 4 is 33.2 Å². The molecular formula is C29H27ClN2O5S. The fourth-order valence-corrected chi connectivity index (χ4v) is 5.43. The van der Waals surface area contributed by atoms with E-state index in [0.717, 1.165) is 11.1 Å². The first-order chi connectivity index (χ1) is 18.2. The molecule has 4 rings (SSSR count). The lowest BCUT2D eigenvalue weighted by Gasteiger charge is -2.21. The van der Waals surface area contributed by atoms with Crippen molar-refractivity contribution in [2.45, 2.75) is 24.3 Å². The van der Waals surface area contributed by atoms with Crippen LogP contribution in [0.1, 0.15) is 11.1 Å². The molecule has 196 valence electrons. The van der Waals surface area contributed by atoms with Crippen LogP contribution in [-0.2, 0) is 21.2 Å². The number of carbonyl (C=O) groups is 1. The molecule has 38 heavy (non-hydrogen) atoms. The first-order valence-electron chi connectivity index (χ1n) is 11.8. The van der Waals surface area contributed by atoms with Gasteiger partial charge in [-0.1, -0.05) is 66.2 Å². The van der Waals surface area contributed by atoms with Gasteiger partial charge in [0, 0.05) is 5.02 Å². The van der Waals surface area contributed by atoms with Crippen LogP contribution in [0.15, 0.2) is 102 Å². The molecule has 0 aliphatic rings. The van der Waals surface area contributed by atoms with Crippen LogP contribution in [0.25, 0.3) is 0 Å². The van der Waals surface area contributed by atoms with Crippen LogP contribution in [0.5, 0.6) is 17.2 Å². The minimum absolute atomic E-state index is 0.0540. The Morgan fingerprint density at radius 2 is 1.55 bits per heavy atom. The number of benzene rings is 4. The summed E-state index contributed by atoms with van der Waals surface area (Å²) < 4.78 is 40.7. The van der Waals surface area contributed by atoms with Crippen molar-refractivity contribution in [3.63, 3.8) is 0 Å². The Kier molecular flexibility index (Phi) is 8.68. The number of rotatable bonds is 10. The number of anilines is 1. The molecule has 0 aliphatic carbocycles. The highest BCUT2D eigenvalue weighted by molar-refractivity contribution is 7.89. The molecule has 0 saturated carbocycles. The second-order valence-electron chi connectivity index (χ2n) is 8.56. The smallest absolute Gasteiger partial charge is 0.245 e. The fourth-order valence-electron chi connectivity index (χ4n) is 3.81. The molecule has 0 aliphatic heterocycles. The number of para-hydroxylation sites is 1. The number of aryl methyl sites for hydroxylation is 1. The summed E-state index contributed by atoms with van der Waals surface area (Å²) in [4.78, 5) is 13.5. The zero-order valence-corrected chi connectivity index (χ0v) is 22.4. The van der Waals surface area contributed by atoms with Gasteiger partial charge in [-0.15, -0.1) is 0 Å². The third-order valence-corrected chi connectivity index (χ3v) is 7.40. The Morgan fingerprint density at radius 1 is 0.895 bits per heavy atom. The van der Waals surface area contributed by atoms with Crippen molar-refractivity contribution in [3.05, 3.63) is 113 Å². The molecule has 1 atom stereocenters. The lowest BCUT2D eigenvalue weighted by atomic mass is 10.1. The Labute approximate surface area is 227 Å². The molecule has 0 unspecified atom stereocenters. The molecule has 4 aromatic carbocycles. The molecular weight excluding hydrogens is 524 g/mol. The van der Waals surface area contributed by atoms with Gasteiger partial charge in [-0.3, -0.25) is 4.79 Å². The van der Waals surface area contributed by atoms with Crippen molar-refractivity contribution < 1.29 is 22.7 Å². The topological polar surface area (TPSA) is 93.7 Å². The zero-order valence-electron chi connectivity index (χ0n) is 20.8. The Hall–Kier alpha value is -3.85. The summed E-state index contributed by atoms with van der Waals surface area (Å²) in [6.07, 6.45) is 0.107. The van der Waals surface area contributed by atoms with E-state index < -0.39 is 22.0 Å². The molecule has 0 aromatic heterocycles. The van der Waals surface area contributed by atoms with E-state index in [1.807, 2.05) is 48.5 Å². The predicted octanol–water partition coefficient (Wildman–Crippen LogP) is 5.98. The van der Waals surface area contributed by atoms with Crippen LogP contribution in [0, 0.1) is 6.92 Å². The van der Waals surface area contributed by atoms with Gasteiger partial charge in [0.25, 0.3) is 0 Å². The van der Waals surface area contributed by atoms with E-state index in [-0.39, 0.29) is 17.1 Å². The minimum Gasteiger partial charge on any atom is -0.495 e. The number of nitrogens with one attached hydrogen (secondary N) is 2. The van der Waals surface area contributed by atoms with Gasteiger partial charge in [0.1, 0.15) is 22.4 Å². The van der Waals surface area contributed by atoms with Gasteiger partial charge < -0.3 is 14.8 Å². The number of carbonyl (C=O) groups excluding carboxylic acids is 1. The van der Waals surface area contributed by atoms with Crippen molar-refractivity contribution in [2.75, 3.05) is 12.4 Å². The summed E-state index contributed by atoms with van der Waals surface area (Å²) >= 11 is 6.22. The average Bonchev–Trinajstić information content (AvgIpc) is 2.91. The third-order valence-electron chi connectivity index (χ3n) is 5.68. The Bertz CT molecular complexity index is 1510. The first kappa shape index (κ1) is 27.2. The van der Waals surface area contributed by atoms with E-state index >= 15 is 0 Å². The highest BCUT2D eigenvalue weighted by atomic mass is 35.5. The van der Waals surface area contributed by atoms with Crippen LogP contribution in [-0.4, -0.2) is 27.5 Å². The summed E-state index contributed by atoms with van der Waals surface area (Å²) in [6.45, 7) is 1.78. The largest absolute Gasteiger partial charge is 0.495 e. The maximum Gasteiger partial charge on any atom is 0.245 e. The molecule has 1 amide bonds. The third kappa shape index (κ3) is 6.92. The van der Waals surface area contributed by atoms with Crippen molar-refractivity contribution in [1.29, 1.82) is 0 Å². The standard InChI is InChI=1S/C29H27ClN2O5S/c1-20-13-15-27(36-2)28(17-20)38(34,35)32-25(18-21-9-5-3-6-10-21)29(33)31-24-19-22(30)14-16-26(24)37-23-11-7-4-8-12-23/h3-17,19,25,32H,18H2,1-2H3,(H,31,33)/t25-/m0/s1. The predicted molar refractivity (Wildman–Crippen MR) is 149 cm³/mol. The van der Waals surface area contributed by atoms with E-state index in [4.69, 9.17) is 21.1 Å². The summed E-state index contributed by atoms with van der Waals surface area (Å²) in [5.41, 5.74) is 1.81. The maximum absolute atomic E-state index is 13.6. The molecule has 2 N–H and O–H groups in total. The van der Waals surface area contributed by atoms with Gasteiger partial charge in [-0.05, 0) is 66.9 Å². The van der Waals surface area contributed by atoms with E-state index in [2.05, 4.69) is 10.0 Å². The summed E-state index contributed by atoms with van der Waals surface area (Å²) in [7, 11) is -2.75. The van der Waals surface area contributed by atoms with Gasteiger partial charge in [0.2, 0.25) is 15.9 Å². The number of sulfonamides is 1. The summed E-state index contributed by atoms with van der Waals surface area (Å²) in [5, 5.41) is 3.18. The number of methoxy groups -OCH3 is 1. The van der Waals surface area contributed by atoms with Gasteiger partial charge in [-0.25, -0.2) is 8.42 Å². The number of halogens is 1. The van der Waals surface area contributed by atoms with Crippen molar-refractivity contribution in [2.24, 2.45) is 0 Å². The van der Waals surface area contributed by atoms with Crippen LogP contribution in [0.2, 0.25) is 5.02 Å². The van der Waals surface area contributed by atoms with Gasteiger partial charge in [0.05, 0.1) is 12.8 Å². The molecule has 0 radical (unpaired) electrons. The summed E-state index contributed by atoms with van der Waals surface area (Å²) in [5.74, 6) is 0.522. The molecule has 0 saturated heterocycles. The molecule has 7 nitrogen and oxygen atoms in total. The zero-order chi connectivity index (χ0) is 27.1. The maximum atomic E-state index is 13.6. The number of amides is 1. The van der Waals surface area contributed by atoms with Crippen molar-refractivity contribution in [3.8, 4) is 17.2 Å². The molecule has 4 aromatic rings. The normalized spacial score (nSPS) is 12.0. The Balaban J connectivity index is 1.66. The second kappa shape index (κ2) is 12.1. The fraction of sp³-hybridized carbons (Fsp3) is 0.138. The van der Waals surface area contributed by atoms with Gasteiger partial charge in [0.15, 0.2) is 5.75 Å². The first-order valence-corrected chi connectivity index (χ1v) is 13.7. The SMILES string of the molecule is COc1ccc(C)cc1S(=O)(=O)N[C@@H](Cc1ccccc1)C(=O)Nc1cc(Cl)ccc1Oc1ccccc1. The monoisotopic (exact) mass is 550 g/mol. The average molecular weight is 551 g/mol. The van der Waals surface area contributed by atoms with Crippen LogP contribution in [0.3, 0.4) is 0 Å². The van der Waals surface area contributed by atoms with E-state index in [9.17, 15) is 13.2 Å². The molecule has 0 fully saturated rings. The highest BCUT2D eigenvalue weighted by Gasteiger charge is 2.29. The quantitative estimate of drug-likeness (QED) is 0.253.